The summed E-state index contributed by atoms with van der Waals surface area (Å²) in [5.41, 5.74) is 0. The Kier molecular flexibility index (Phi) is 7.07. The van der Waals surface area contributed by atoms with Gasteiger partial charge in [-0.25, -0.2) is 4.98 Å². The summed E-state index contributed by atoms with van der Waals surface area (Å²) in [7, 11) is -5.88. The van der Waals surface area contributed by atoms with E-state index >= 15 is 0 Å². The Morgan fingerprint density at radius 1 is 1.24 bits per heavy atom. The molecule has 0 saturated carbocycles. The van der Waals surface area contributed by atoms with E-state index in [1.165, 1.54) is 13.3 Å². The van der Waals surface area contributed by atoms with Crippen molar-refractivity contribution in [1.82, 2.24) is 4.98 Å². The van der Waals surface area contributed by atoms with Crippen LogP contribution in [0.1, 0.15) is 13.8 Å². The molecule has 0 aromatic carbocycles. The van der Waals surface area contributed by atoms with Gasteiger partial charge >= 0.3 is 15.2 Å². The maximum Gasteiger partial charge on any atom is 0.356 e. The van der Waals surface area contributed by atoms with Crippen molar-refractivity contribution in [2.24, 2.45) is 0 Å². The van der Waals surface area contributed by atoms with E-state index in [-0.39, 0.29) is 0 Å². The molecular weight excluding hydrogens is 336 g/mol. The normalized spacial score (nSPS) is 19.0. The third kappa shape index (κ3) is 5.18. The second-order valence-electron chi connectivity index (χ2n) is 4.24. The molecule has 0 spiro atoms. The maximum absolute atomic E-state index is 12.8. The van der Waals surface area contributed by atoms with Gasteiger partial charge in [-0.05, 0) is 26.0 Å². The summed E-state index contributed by atoms with van der Waals surface area (Å²) in [5.74, 6) is 0. The van der Waals surface area contributed by atoms with Crippen LogP contribution >= 0.6 is 27.0 Å². The Morgan fingerprint density at radius 2 is 1.90 bits per heavy atom. The van der Waals surface area contributed by atoms with Gasteiger partial charge < -0.3 is 18.5 Å². The van der Waals surface area contributed by atoms with Crippen LogP contribution in [0.2, 0.25) is 0 Å². The Labute approximate surface area is 128 Å². The number of pyridine rings is 1. The molecule has 0 amide bonds. The van der Waals surface area contributed by atoms with Crippen LogP contribution in [-0.2, 0) is 22.7 Å². The first-order valence-electron chi connectivity index (χ1n) is 6.05. The molecule has 0 aliphatic rings. The number of rotatable bonds is 8. The highest BCUT2D eigenvalue weighted by Crippen LogP contribution is 2.72. The fourth-order valence-corrected chi connectivity index (χ4v) is 7.56. The monoisotopic (exact) mass is 355 g/mol. The van der Waals surface area contributed by atoms with Crippen LogP contribution in [0.15, 0.2) is 29.4 Å². The summed E-state index contributed by atoms with van der Waals surface area (Å²) in [6.07, 6.45) is 1.08. The van der Waals surface area contributed by atoms with Gasteiger partial charge in [0.1, 0.15) is 0 Å². The summed E-state index contributed by atoms with van der Waals surface area (Å²) in [5, 5.41) is 0.415. The molecule has 0 aliphatic heterocycles. The van der Waals surface area contributed by atoms with Crippen LogP contribution in [0.4, 0.5) is 0 Å². The minimum atomic E-state index is -4.23. The molecule has 1 aromatic heterocycles. The number of nitrogens with zero attached hydrogens (tertiary/aromatic N) is 1. The Morgan fingerprint density at radius 3 is 2.33 bits per heavy atom. The Balaban J connectivity index is 3.19. The zero-order valence-electron chi connectivity index (χ0n) is 12.2. The van der Waals surface area contributed by atoms with Crippen LogP contribution in [-0.4, -0.2) is 34.9 Å². The first kappa shape index (κ1) is 18.8. The largest absolute Gasteiger partial charge is 0.356 e. The fourth-order valence-electron chi connectivity index (χ4n) is 1.40. The second-order valence-corrected chi connectivity index (χ2v) is 10.6. The van der Waals surface area contributed by atoms with E-state index in [0.29, 0.717) is 5.03 Å². The quantitative estimate of drug-likeness (QED) is 0.559. The first-order valence-corrected chi connectivity index (χ1v) is 10.2. The van der Waals surface area contributed by atoms with Gasteiger partial charge in [-0.1, -0.05) is 17.8 Å². The van der Waals surface area contributed by atoms with Crippen molar-refractivity contribution >= 4 is 27.0 Å². The van der Waals surface area contributed by atoms with Gasteiger partial charge in [0.25, 0.3) is 0 Å². The summed E-state index contributed by atoms with van der Waals surface area (Å²) in [6.45, 7) is 3.31. The van der Waals surface area contributed by atoms with E-state index in [2.05, 4.69) is 9.51 Å². The van der Waals surface area contributed by atoms with Crippen LogP contribution < -0.4 is 0 Å². The zero-order chi connectivity index (χ0) is 16.1. The van der Waals surface area contributed by atoms with Crippen molar-refractivity contribution in [3.63, 3.8) is 0 Å². The lowest BCUT2D eigenvalue weighted by atomic mass is 10.5. The van der Waals surface area contributed by atoms with Gasteiger partial charge in [0.15, 0.2) is 0 Å². The second kappa shape index (κ2) is 7.88. The minimum Gasteiger partial charge on any atom is -0.323 e. The highest BCUT2D eigenvalue weighted by molar-refractivity contribution is 8.12. The molecule has 1 N–H and O–H groups in total. The Hall–Kier alpha value is -0.200. The predicted molar refractivity (Wildman–Crippen MR) is 81.6 cm³/mol. The highest BCUT2D eigenvalue weighted by Gasteiger charge is 2.50. The molecule has 1 aromatic rings. The summed E-state index contributed by atoms with van der Waals surface area (Å²) in [6, 6.07) is 5.04. The topological polar surface area (TPSA) is 95.0 Å². The van der Waals surface area contributed by atoms with Gasteiger partial charge in [-0.15, -0.1) is 0 Å². The number of hydrogen-bond acceptors (Lipinski definition) is 7. The van der Waals surface area contributed by atoms with E-state index in [1.54, 1.807) is 32.0 Å². The molecule has 0 fully saturated rings. The molecule has 0 saturated heterocycles. The average Bonchev–Trinajstić information content (AvgIpc) is 2.44. The molecule has 0 bridgehead atoms. The van der Waals surface area contributed by atoms with Crippen molar-refractivity contribution in [2.45, 2.75) is 29.7 Å². The van der Waals surface area contributed by atoms with E-state index in [4.69, 9.17) is 9.05 Å². The molecule has 1 rings (SSSR count). The predicted octanol–water partition coefficient (Wildman–Crippen LogP) is 3.55. The van der Waals surface area contributed by atoms with E-state index in [1.807, 2.05) is 0 Å². The molecule has 0 radical (unpaired) electrons. The first-order chi connectivity index (χ1) is 9.75. The van der Waals surface area contributed by atoms with E-state index in [9.17, 15) is 14.0 Å². The SMILES string of the molecule is COP(=O)(O)C(Sc1ccccn1)P(=O)(OC)OC(C)C. The summed E-state index contributed by atoms with van der Waals surface area (Å²) < 4.78 is 38.5. The van der Waals surface area contributed by atoms with Crippen molar-refractivity contribution in [2.75, 3.05) is 14.2 Å². The van der Waals surface area contributed by atoms with Crippen molar-refractivity contribution in [1.29, 1.82) is 0 Å². The lowest BCUT2D eigenvalue weighted by Crippen LogP contribution is -2.14. The van der Waals surface area contributed by atoms with Gasteiger partial charge in [0.05, 0.1) is 11.1 Å². The minimum absolute atomic E-state index is 0.415. The van der Waals surface area contributed by atoms with Crippen LogP contribution in [0, 0.1) is 0 Å². The fraction of sp³-hybridized carbons (Fsp3) is 0.545. The molecule has 0 aliphatic carbocycles. The smallest absolute Gasteiger partial charge is 0.323 e. The lowest BCUT2D eigenvalue weighted by molar-refractivity contribution is 0.187. The van der Waals surface area contributed by atoms with E-state index < -0.39 is 26.0 Å². The molecular formula is C11H19NO6P2S. The highest BCUT2D eigenvalue weighted by atomic mass is 32.2. The molecule has 3 unspecified atom stereocenters. The van der Waals surface area contributed by atoms with Crippen LogP contribution in [0.5, 0.6) is 0 Å². The van der Waals surface area contributed by atoms with Crippen molar-refractivity contribution < 1.29 is 27.6 Å². The third-order valence-corrected chi connectivity index (χ3v) is 9.76. The molecule has 21 heavy (non-hydrogen) atoms. The maximum atomic E-state index is 12.8. The average molecular weight is 355 g/mol. The van der Waals surface area contributed by atoms with E-state index in [0.717, 1.165) is 18.9 Å². The molecule has 3 atom stereocenters. The van der Waals surface area contributed by atoms with Gasteiger partial charge in [0.2, 0.25) is 4.73 Å². The molecule has 7 nitrogen and oxygen atoms in total. The number of hydrogen-bond donors (Lipinski definition) is 1. The van der Waals surface area contributed by atoms with Crippen LogP contribution in [0.3, 0.4) is 0 Å². The molecule has 1 heterocycles. The molecule has 120 valence electrons. The number of thioether (sulfide) groups is 1. The van der Waals surface area contributed by atoms with Crippen molar-refractivity contribution in [3.05, 3.63) is 24.4 Å². The van der Waals surface area contributed by atoms with Gasteiger partial charge in [-0.2, -0.15) is 0 Å². The summed E-state index contributed by atoms with van der Waals surface area (Å²) in [4.78, 5) is 14.0. The standard InChI is InChI=1S/C11H19NO6P2S/c1-9(2)18-20(15,17-4)11(19(13,14)16-3)21-10-7-5-6-8-12-10/h5-9,11H,1-4H3,(H,13,14). The van der Waals surface area contributed by atoms with Gasteiger partial charge in [0, 0.05) is 20.4 Å². The lowest BCUT2D eigenvalue weighted by Gasteiger charge is -2.28. The van der Waals surface area contributed by atoms with Crippen molar-refractivity contribution in [3.8, 4) is 0 Å². The third-order valence-electron chi connectivity index (χ3n) is 2.29. The number of aromatic nitrogens is 1. The zero-order valence-corrected chi connectivity index (χ0v) is 14.8. The van der Waals surface area contributed by atoms with Gasteiger partial charge in [-0.3, -0.25) is 9.13 Å². The molecule has 10 heteroatoms. The Bertz CT molecular complexity index is 541. The van der Waals surface area contributed by atoms with Crippen LogP contribution in [0.25, 0.3) is 0 Å². The summed E-state index contributed by atoms with van der Waals surface area (Å²) >= 11 is 0.831.